The maximum absolute atomic E-state index is 12.0. The summed E-state index contributed by atoms with van der Waals surface area (Å²) in [5.41, 5.74) is 2.48. The topological polar surface area (TPSA) is 155 Å². The van der Waals surface area contributed by atoms with Gasteiger partial charge in [-0.1, -0.05) is 54.6 Å². The van der Waals surface area contributed by atoms with Gasteiger partial charge >= 0.3 is 0 Å². The van der Waals surface area contributed by atoms with E-state index in [9.17, 15) is 10.1 Å². The Morgan fingerprint density at radius 3 is 2.12 bits per heavy atom. The van der Waals surface area contributed by atoms with E-state index in [0.717, 1.165) is 16.7 Å². The third-order valence-corrected chi connectivity index (χ3v) is 11.8. The summed E-state index contributed by atoms with van der Waals surface area (Å²) in [5.74, 6) is 1.47. The van der Waals surface area contributed by atoms with E-state index >= 15 is 0 Å². The van der Waals surface area contributed by atoms with E-state index in [4.69, 9.17) is 28.0 Å². The van der Waals surface area contributed by atoms with E-state index in [-0.39, 0.29) is 37.6 Å². The molecule has 1 N–H and O–H groups in total. The van der Waals surface area contributed by atoms with Crippen molar-refractivity contribution in [3.05, 3.63) is 108 Å². The molecule has 15 heteroatoms. The van der Waals surface area contributed by atoms with Crippen molar-refractivity contribution in [1.82, 2.24) is 24.2 Å². The zero-order chi connectivity index (χ0) is 40.5. The number of hydrogen-bond donors (Lipinski definition) is 1. The average molecular weight is 796 g/mol. The SMILES string of the molecule is COc1ccc(C(OC[C@H]2O[C@@H](n3cnc4c(NC(C)=O)ncnc43)C[C@@H]2OP(OCCC#N)N(C(C)C)C(C)C)(c2ccccc2)c2ccc(OC)cc2)cc1. The molecule has 57 heavy (non-hydrogen) atoms. The van der Waals surface area contributed by atoms with Crippen LogP contribution in [-0.4, -0.2) is 81.8 Å². The zero-order valence-electron chi connectivity index (χ0n) is 33.4. The molecule has 6 rings (SSSR count). The summed E-state index contributed by atoms with van der Waals surface area (Å²) < 4.78 is 42.7. The third kappa shape index (κ3) is 9.26. The van der Waals surface area contributed by atoms with E-state index in [1.165, 1.54) is 13.3 Å². The molecular formula is C42H50N7O7P. The second-order valence-corrected chi connectivity index (χ2v) is 15.5. The number of imidazole rings is 1. The number of methoxy groups -OCH3 is 2. The summed E-state index contributed by atoms with van der Waals surface area (Å²) in [5, 5.41) is 12.1. The Morgan fingerprint density at radius 1 is 0.947 bits per heavy atom. The number of hydrogen-bond acceptors (Lipinski definition) is 12. The number of rotatable bonds is 18. The van der Waals surface area contributed by atoms with Crippen molar-refractivity contribution >= 4 is 31.4 Å². The molecule has 5 aromatic rings. The third-order valence-electron chi connectivity index (χ3n) is 9.67. The van der Waals surface area contributed by atoms with Crippen molar-refractivity contribution in [1.29, 1.82) is 5.26 Å². The second kappa shape index (κ2) is 19.0. The molecule has 3 heterocycles. The number of benzene rings is 3. The monoisotopic (exact) mass is 795 g/mol. The quantitative estimate of drug-likeness (QED) is 0.0524. The van der Waals surface area contributed by atoms with Crippen LogP contribution in [0.25, 0.3) is 11.2 Å². The number of anilines is 1. The Labute approximate surface area is 335 Å². The van der Waals surface area contributed by atoms with Gasteiger partial charge in [0.2, 0.25) is 5.91 Å². The van der Waals surface area contributed by atoms with Crippen molar-refractivity contribution in [3.63, 3.8) is 0 Å². The number of ether oxygens (including phenoxy) is 4. The molecule has 3 aromatic carbocycles. The largest absolute Gasteiger partial charge is 0.497 e. The van der Waals surface area contributed by atoms with Gasteiger partial charge < -0.3 is 33.3 Å². The van der Waals surface area contributed by atoms with Gasteiger partial charge in [0.25, 0.3) is 8.53 Å². The molecule has 0 radical (unpaired) electrons. The number of nitrogens with zero attached hydrogens (tertiary/aromatic N) is 6. The fourth-order valence-corrected chi connectivity index (χ4v) is 8.90. The van der Waals surface area contributed by atoms with Gasteiger partial charge in [0.05, 0.1) is 52.4 Å². The number of amides is 1. The van der Waals surface area contributed by atoms with Gasteiger partial charge in [0, 0.05) is 25.4 Å². The minimum absolute atomic E-state index is 0.0865. The van der Waals surface area contributed by atoms with Crippen LogP contribution in [0.2, 0.25) is 0 Å². The molecule has 1 fully saturated rings. The van der Waals surface area contributed by atoms with Crippen molar-refractivity contribution < 1.29 is 32.8 Å². The first kappa shape index (κ1) is 41.6. The standard InChI is InChI=1S/C42H50N7O7P/c1-28(2)49(29(3)4)57(54-23-11-22-43)56-36-24-38(48-27-46-39-40(47-30(5)50)44-26-45-41(39)48)55-37(36)25-53-42(31-12-9-8-10-13-31,32-14-18-34(51-6)19-15-32)33-16-20-35(52-7)21-17-33/h8-10,12-21,26-29,36-38H,11,23-25H2,1-7H3,(H,44,45,47,50)/t36-,37+,38+,57?/m0/s1. The highest BCUT2D eigenvalue weighted by molar-refractivity contribution is 7.44. The molecule has 1 aliphatic heterocycles. The molecule has 300 valence electrons. The molecule has 2 aromatic heterocycles. The maximum atomic E-state index is 12.0. The highest BCUT2D eigenvalue weighted by Crippen LogP contribution is 2.51. The zero-order valence-corrected chi connectivity index (χ0v) is 34.3. The highest BCUT2D eigenvalue weighted by Gasteiger charge is 2.45. The molecular weight excluding hydrogens is 745 g/mol. The van der Waals surface area contributed by atoms with Crippen molar-refractivity contribution in [3.8, 4) is 17.6 Å². The van der Waals surface area contributed by atoms with Crippen LogP contribution < -0.4 is 14.8 Å². The van der Waals surface area contributed by atoms with Gasteiger partial charge in [-0.2, -0.15) is 5.26 Å². The van der Waals surface area contributed by atoms with E-state index in [2.05, 4.69) is 70.8 Å². The van der Waals surface area contributed by atoms with Gasteiger partial charge in [0.15, 0.2) is 17.0 Å². The summed E-state index contributed by atoms with van der Waals surface area (Å²) in [6.07, 6.45) is 1.92. The molecule has 0 aliphatic carbocycles. The first-order valence-electron chi connectivity index (χ1n) is 18.9. The summed E-state index contributed by atoms with van der Waals surface area (Å²) in [6.45, 7) is 10.1. The van der Waals surface area contributed by atoms with Gasteiger partial charge in [-0.25, -0.2) is 19.6 Å². The first-order chi connectivity index (χ1) is 27.6. The minimum Gasteiger partial charge on any atom is -0.497 e. The second-order valence-electron chi connectivity index (χ2n) is 14.1. The average Bonchev–Trinajstić information content (AvgIpc) is 3.83. The molecule has 0 spiro atoms. The smallest absolute Gasteiger partial charge is 0.259 e. The molecule has 14 nitrogen and oxygen atoms in total. The maximum Gasteiger partial charge on any atom is 0.259 e. The Morgan fingerprint density at radius 2 is 1.56 bits per heavy atom. The van der Waals surface area contributed by atoms with Crippen LogP contribution in [0.15, 0.2) is 91.5 Å². The molecule has 1 saturated heterocycles. The molecule has 1 aliphatic rings. The molecule has 4 atom stereocenters. The lowest BCUT2D eigenvalue weighted by Gasteiger charge is -2.39. The Balaban J connectivity index is 1.43. The molecule has 0 bridgehead atoms. The normalized spacial score (nSPS) is 17.6. The fourth-order valence-electron chi connectivity index (χ4n) is 7.14. The van der Waals surface area contributed by atoms with E-state index in [0.29, 0.717) is 34.9 Å². The van der Waals surface area contributed by atoms with E-state index in [1.807, 2.05) is 71.3 Å². The first-order valence-corrected chi connectivity index (χ1v) is 20.1. The summed E-state index contributed by atoms with van der Waals surface area (Å²) in [4.78, 5) is 25.3. The van der Waals surface area contributed by atoms with Crippen LogP contribution in [0.3, 0.4) is 0 Å². The lowest BCUT2D eigenvalue weighted by atomic mass is 9.80. The van der Waals surface area contributed by atoms with Crippen molar-refractivity contribution in [2.75, 3.05) is 32.8 Å². The van der Waals surface area contributed by atoms with E-state index < -0.39 is 32.6 Å². The summed E-state index contributed by atoms with van der Waals surface area (Å²) in [6, 6.07) is 28.2. The molecule has 1 unspecified atom stereocenters. The number of nitriles is 1. The van der Waals surface area contributed by atoms with Crippen LogP contribution in [-0.2, 0) is 28.9 Å². The van der Waals surface area contributed by atoms with Gasteiger partial charge in [-0.3, -0.25) is 9.36 Å². The lowest BCUT2D eigenvalue weighted by molar-refractivity contribution is -0.114. The van der Waals surface area contributed by atoms with E-state index in [1.54, 1.807) is 20.5 Å². The van der Waals surface area contributed by atoms with Crippen LogP contribution in [0.5, 0.6) is 11.5 Å². The van der Waals surface area contributed by atoms with Crippen molar-refractivity contribution in [2.24, 2.45) is 0 Å². The van der Waals surface area contributed by atoms with Gasteiger partial charge in [-0.15, -0.1) is 0 Å². The Bertz CT molecular complexity index is 2050. The molecule has 1 amide bonds. The predicted octanol–water partition coefficient (Wildman–Crippen LogP) is 7.76. The number of fused-ring (bicyclic) bond motifs is 1. The van der Waals surface area contributed by atoms with Crippen LogP contribution in [0.4, 0.5) is 5.82 Å². The van der Waals surface area contributed by atoms with Crippen molar-refractivity contribution in [2.45, 2.75) is 83.6 Å². The minimum atomic E-state index is -1.64. The molecule has 0 saturated carbocycles. The predicted molar refractivity (Wildman–Crippen MR) is 217 cm³/mol. The highest BCUT2D eigenvalue weighted by atomic mass is 31.2. The fraction of sp³-hybridized carbons (Fsp3) is 0.405. The number of carbonyl (C=O) groups is 1. The van der Waals surface area contributed by atoms with Crippen LogP contribution >= 0.6 is 8.53 Å². The Hall–Kier alpha value is -5.00. The van der Waals surface area contributed by atoms with Crippen LogP contribution in [0, 0.1) is 11.3 Å². The lowest BCUT2D eigenvalue weighted by Crippen LogP contribution is -2.39. The number of nitrogens with one attached hydrogen (secondary N) is 1. The summed E-state index contributed by atoms with van der Waals surface area (Å²) in [7, 11) is 1.64. The van der Waals surface area contributed by atoms with Gasteiger partial charge in [0.1, 0.15) is 35.8 Å². The number of aromatic nitrogens is 4. The summed E-state index contributed by atoms with van der Waals surface area (Å²) >= 11 is 0. The van der Waals surface area contributed by atoms with Crippen LogP contribution in [0.1, 0.15) is 70.4 Å². The van der Waals surface area contributed by atoms with Gasteiger partial charge in [-0.05, 0) is 68.7 Å². The number of carbonyl (C=O) groups excluding carboxylic acids is 1. The Kier molecular flexibility index (Phi) is 13.8.